The van der Waals surface area contributed by atoms with Gasteiger partial charge in [-0.3, -0.25) is 19.3 Å². The van der Waals surface area contributed by atoms with Gasteiger partial charge in [-0.2, -0.15) is 4.37 Å². The lowest BCUT2D eigenvalue weighted by atomic mass is 10.2. The fraction of sp³-hybridized carbons (Fsp3) is 0.118. The van der Waals surface area contributed by atoms with Crippen LogP contribution >= 0.6 is 11.5 Å². The molecule has 0 spiro atoms. The van der Waals surface area contributed by atoms with Crippen LogP contribution in [0.4, 0.5) is 0 Å². The zero-order valence-corrected chi connectivity index (χ0v) is 13.9. The summed E-state index contributed by atoms with van der Waals surface area (Å²) in [6.07, 6.45) is 3.84. The molecule has 0 amide bonds. The van der Waals surface area contributed by atoms with Crippen LogP contribution in [-0.4, -0.2) is 23.9 Å². The predicted octanol–water partition coefficient (Wildman–Crippen LogP) is 1.85. The summed E-state index contributed by atoms with van der Waals surface area (Å²) in [6.45, 7) is 0.262. The molecule has 0 unspecified atom stereocenters. The van der Waals surface area contributed by atoms with E-state index in [2.05, 4.69) is 19.3 Å². The molecule has 7 nitrogen and oxygen atoms in total. The molecule has 4 aromatic rings. The first-order valence-corrected chi connectivity index (χ1v) is 8.45. The van der Waals surface area contributed by atoms with Crippen molar-refractivity contribution in [2.75, 3.05) is 0 Å². The maximum atomic E-state index is 12.7. The molecule has 0 fully saturated rings. The molecule has 0 saturated carbocycles. The highest BCUT2D eigenvalue weighted by molar-refractivity contribution is 7.13. The number of aromatic amines is 1. The summed E-state index contributed by atoms with van der Waals surface area (Å²) in [4.78, 5) is 36.3. The maximum Gasteiger partial charge on any atom is 0.328 e. The van der Waals surface area contributed by atoms with Gasteiger partial charge in [-0.1, -0.05) is 12.1 Å². The maximum absolute atomic E-state index is 12.7. The minimum absolute atomic E-state index is 0.262. The number of pyridine rings is 2. The lowest BCUT2D eigenvalue weighted by Crippen LogP contribution is -2.35. The summed E-state index contributed by atoms with van der Waals surface area (Å²) in [5.41, 5.74) is 1.61. The second kappa shape index (κ2) is 6.40. The molecule has 4 heterocycles. The van der Waals surface area contributed by atoms with Gasteiger partial charge >= 0.3 is 5.69 Å². The number of fused-ring (bicyclic) bond motifs is 1. The largest absolute Gasteiger partial charge is 0.328 e. The molecule has 0 atom stereocenters. The van der Waals surface area contributed by atoms with Gasteiger partial charge in [-0.05, 0) is 35.8 Å². The first kappa shape index (κ1) is 15.4. The lowest BCUT2D eigenvalue weighted by Gasteiger charge is -2.04. The van der Waals surface area contributed by atoms with Crippen LogP contribution < -0.4 is 11.2 Å². The number of H-pyrrole nitrogens is 1. The topological polar surface area (TPSA) is 93.5 Å². The lowest BCUT2D eigenvalue weighted by molar-refractivity contribution is 0.630. The van der Waals surface area contributed by atoms with E-state index < -0.39 is 5.69 Å². The van der Waals surface area contributed by atoms with Crippen LogP contribution in [0.1, 0.15) is 5.69 Å². The summed E-state index contributed by atoms with van der Waals surface area (Å²) < 4.78 is 5.92. The summed E-state index contributed by atoms with van der Waals surface area (Å²) >= 11 is 1.07. The van der Waals surface area contributed by atoms with E-state index in [0.717, 1.165) is 17.2 Å². The van der Waals surface area contributed by atoms with Gasteiger partial charge in [0.15, 0.2) is 0 Å². The molecule has 4 aromatic heterocycles. The van der Waals surface area contributed by atoms with E-state index in [0.29, 0.717) is 28.0 Å². The van der Waals surface area contributed by atoms with E-state index in [1.54, 1.807) is 24.5 Å². The van der Waals surface area contributed by atoms with Crippen LogP contribution in [0.25, 0.3) is 21.6 Å². The normalized spacial score (nSPS) is 11.0. The molecule has 0 aromatic carbocycles. The second-order valence-electron chi connectivity index (χ2n) is 5.41. The summed E-state index contributed by atoms with van der Waals surface area (Å²) in [6, 6.07) is 11.0. The van der Waals surface area contributed by atoms with Crippen LogP contribution in [0.15, 0.2) is 58.4 Å². The molecule has 4 rings (SSSR count). The van der Waals surface area contributed by atoms with E-state index in [1.807, 2.05) is 24.3 Å². The van der Waals surface area contributed by atoms with Crippen molar-refractivity contribution in [3.8, 4) is 11.4 Å². The van der Waals surface area contributed by atoms with Gasteiger partial charge in [0.2, 0.25) is 0 Å². The van der Waals surface area contributed by atoms with Crippen molar-refractivity contribution in [1.82, 2.24) is 23.9 Å². The summed E-state index contributed by atoms with van der Waals surface area (Å²) in [7, 11) is 0. The molecular formula is C17H13N5O2S. The van der Waals surface area contributed by atoms with E-state index in [-0.39, 0.29) is 12.1 Å². The summed E-state index contributed by atoms with van der Waals surface area (Å²) in [5, 5.41) is 0. The molecule has 0 aliphatic heterocycles. The van der Waals surface area contributed by atoms with Crippen molar-refractivity contribution in [2.45, 2.75) is 13.0 Å². The third-order valence-electron chi connectivity index (χ3n) is 3.83. The smallest absolute Gasteiger partial charge is 0.304 e. The summed E-state index contributed by atoms with van der Waals surface area (Å²) in [5.74, 6) is 0. The zero-order chi connectivity index (χ0) is 17.2. The number of aromatic nitrogens is 5. The third kappa shape index (κ3) is 2.87. The average molecular weight is 351 g/mol. The second-order valence-corrected chi connectivity index (χ2v) is 6.18. The fourth-order valence-electron chi connectivity index (χ4n) is 2.59. The Bertz CT molecular complexity index is 1130. The Balaban J connectivity index is 1.76. The van der Waals surface area contributed by atoms with Gasteiger partial charge in [0.05, 0.1) is 11.2 Å². The van der Waals surface area contributed by atoms with Crippen molar-refractivity contribution in [2.24, 2.45) is 0 Å². The highest BCUT2D eigenvalue weighted by atomic mass is 32.1. The SMILES string of the molecule is O=c1[nH]c2c(-c3ccccn3)nsc2c(=O)n1CCc1ccccn1. The van der Waals surface area contributed by atoms with E-state index in [4.69, 9.17) is 0 Å². The molecule has 25 heavy (non-hydrogen) atoms. The standard InChI is InChI=1S/C17H13N5O2S/c23-16-15-14(13(21-25-15)12-6-2-4-9-19-12)20-17(24)22(16)10-7-11-5-1-3-8-18-11/h1-6,8-9H,7,10H2,(H,20,24). The van der Waals surface area contributed by atoms with E-state index in [1.165, 1.54) is 4.57 Å². The number of aryl methyl sites for hydroxylation is 1. The molecule has 0 bridgehead atoms. The van der Waals surface area contributed by atoms with Crippen LogP contribution in [-0.2, 0) is 13.0 Å². The van der Waals surface area contributed by atoms with Gasteiger partial charge in [0, 0.05) is 31.1 Å². The van der Waals surface area contributed by atoms with Crippen molar-refractivity contribution in [3.63, 3.8) is 0 Å². The van der Waals surface area contributed by atoms with Crippen molar-refractivity contribution >= 4 is 21.7 Å². The molecule has 0 saturated heterocycles. The Kier molecular flexibility index (Phi) is 3.95. The quantitative estimate of drug-likeness (QED) is 0.605. The van der Waals surface area contributed by atoms with Gasteiger partial charge < -0.3 is 4.98 Å². The van der Waals surface area contributed by atoms with Crippen LogP contribution in [0, 0.1) is 0 Å². The Labute approximate surface area is 145 Å². The zero-order valence-electron chi connectivity index (χ0n) is 13.0. The highest BCUT2D eigenvalue weighted by Crippen LogP contribution is 2.24. The minimum Gasteiger partial charge on any atom is -0.304 e. The average Bonchev–Trinajstić information content (AvgIpc) is 3.07. The first-order valence-electron chi connectivity index (χ1n) is 7.68. The molecule has 0 radical (unpaired) electrons. The predicted molar refractivity (Wildman–Crippen MR) is 95.7 cm³/mol. The Hall–Kier alpha value is -3.13. The van der Waals surface area contributed by atoms with Crippen molar-refractivity contribution in [1.29, 1.82) is 0 Å². The highest BCUT2D eigenvalue weighted by Gasteiger charge is 2.16. The molecule has 1 N–H and O–H groups in total. The van der Waals surface area contributed by atoms with Gasteiger partial charge in [-0.25, -0.2) is 4.79 Å². The molecule has 0 aliphatic carbocycles. The van der Waals surface area contributed by atoms with E-state index >= 15 is 0 Å². The molecule has 124 valence electrons. The van der Waals surface area contributed by atoms with Crippen LogP contribution in [0.5, 0.6) is 0 Å². The van der Waals surface area contributed by atoms with Crippen LogP contribution in [0.2, 0.25) is 0 Å². The monoisotopic (exact) mass is 351 g/mol. The molecule has 0 aliphatic rings. The van der Waals surface area contributed by atoms with Gasteiger partial charge in [0.25, 0.3) is 5.56 Å². The van der Waals surface area contributed by atoms with E-state index in [9.17, 15) is 9.59 Å². The van der Waals surface area contributed by atoms with Gasteiger partial charge in [0.1, 0.15) is 10.4 Å². The van der Waals surface area contributed by atoms with Gasteiger partial charge in [-0.15, -0.1) is 0 Å². The fourth-order valence-corrected chi connectivity index (χ4v) is 3.39. The Morgan fingerprint density at radius 1 is 1.04 bits per heavy atom. The Morgan fingerprint density at radius 2 is 1.84 bits per heavy atom. The third-order valence-corrected chi connectivity index (χ3v) is 4.67. The molecule has 8 heteroatoms. The Morgan fingerprint density at radius 3 is 2.56 bits per heavy atom. The van der Waals surface area contributed by atoms with Crippen molar-refractivity contribution in [3.05, 3.63) is 75.3 Å². The number of hydrogen-bond donors (Lipinski definition) is 1. The van der Waals surface area contributed by atoms with Crippen LogP contribution in [0.3, 0.4) is 0 Å². The number of nitrogens with zero attached hydrogens (tertiary/aromatic N) is 4. The first-order chi connectivity index (χ1) is 12.2. The number of nitrogens with one attached hydrogen (secondary N) is 1. The van der Waals surface area contributed by atoms with Crippen molar-refractivity contribution < 1.29 is 0 Å². The number of rotatable bonds is 4. The minimum atomic E-state index is -0.453. The number of hydrogen-bond acceptors (Lipinski definition) is 6. The molecular weight excluding hydrogens is 338 g/mol.